The van der Waals surface area contributed by atoms with Crippen LogP contribution < -0.4 is 4.74 Å². The van der Waals surface area contributed by atoms with Gasteiger partial charge in [-0.05, 0) is 41.5 Å². The highest BCUT2D eigenvalue weighted by Gasteiger charge is 2.10. The lowest BCUT2D eigenvalue weighted by Crippen LogP contribution is -1.99. The number of rotatable bonds is 4. The van der Waals surface area contributed by atoms with Crippen LogP contribution in [0.2, 0.25) is 5.02 Å². The number of halogens is 1. The molecule has 2 rings (SSSR count). The average Bonchev–Trinajstić information content (AvgIpc) is 2.46. The van der Waals surface area contributed by atoms with Crippen LogP contribution in [0.15, 0.2) is 48.5 Å². The lowest BCUT2D eigenvalue weighted by molar-refractivity contribution is -0.130. The molecule has 0 aliphatic rings. The highest BCUT2D eigenvalue weighted by molar-refractivity contribution is 6.30. The fraction of sp³-hybridized carbons (Fsp3) is 0.0625. The van der Waals surface area contributed by atoms with Crippen molar-refractivity contribution < 1.29 is 14.6 Å². The topological polar surface area (TPSA) is 46.5 Å². The van der Waals surface area contributed by atoms with Crippen LogP contribution >= 0.6 is 11.6 Å². The molecule has 3 nitrogen and oxygen atoms in total. The molecule has 0 amide bonds. The predicted octanol–water partition coefficient (Wildman–Crippen LogP) is 3.97. The molecule has 0 radical (unpaired) electrons. The Labute approximate surface area is 122 Å². The molecule has 2 aromatic carbocycles. The Morgan fingerprint density at radius 3 is 2.20 bits per heavy atom. The third kappa shape index (κ3) is 3.39. The quantitative estimate of drug-likeness (QED) is 0.684. The molecule has 4 heteroatoms. The number of carboxylic acid groups (broad SMARTS) is 1. The molecule has 0 aliphatic carbocycles. The zero-order valence-corrected chi connectivity index (χ0v) is 11.6. The number of benzene rings is 2. The Morgan fingerprint density at radius 1 is 1.10 bits per heavy atom. The maximum atomic E-state index is 11.4. The van der Waals surface area contributed by atoms with E-state index in [-0.39, 0.29) is 5.57 Å². The third-order valence-electron chi connectivity index (χ3n) is 2.81. The van der Waals surface area contributed by atoms with Crippen LogP contribution in [-0.4, -0.2) is 18.2 Å². The monoisotopic (exact) mass is 288 g/mol. The maximum absolute atomic E-state index is 11.4. The molecule has 0 aromatic heterocycles. The first-order chi connectivity index (χ1) is 9.60. The smallest absolute Gasteiger partial charge is 0.336 e. The van der Waals surface area contributed by atoms with E-state index in [4.69, 9.17) is 16.3 Å². The Balaban J connectivity index is 2.39. The van der Waals surface area contributed by atoms with Crippen LogP contribution in [0.5, 0.6) is 5.75 Å². The summed E-state index contributed by atoms with van der Waals surface area (Å²) in [4.78, 5) is 11.4. The maximum Gasteiger partial charge on any atom is 0.336 e. The second kappa shape index (κ2) is 6.26. The van der Waals surface area contributed by atoms with Crippen LogP contribution in [0.3, 0.4) is 0 Å². The number of methoxy groups -OCH3 is 1. The van der Waals surface area contributed by atoms with Crippen molar-refractivity contribution >= 4 is 29.2 Å². The normalized spacial score (nSPS) is 11.2. The van der Waals surface area contributed by atoms with Crippen molar-refractivity contribution in [3.05, 3.63) is 64.7 Å². The number of hydrogen-bond donors (Lipinski definition) is 1. The highest BCUT2D eigenvalue weighted by Crippen LogP contribution is 2.22. The molecule has 0 fully saturated rings. The van der Waals surface area contributed by atoms with E-state index in [1.54, 1.807) is 61.7 Å². The summed E-state index contributed by atoms with van der Waals surface area (Å²) >= 11 is 5.81. The summed E-state index contributed by atoms with van der Waals surface area (Å²) in [6.45, 7) is 0. The fourth-order valence-corrected chi connectivity index (χ4v) is 1.89. The molecule has 0 bridgehead atoms. The van der Waals surface area contributed by atoms with E-state index in [9.17, 15) is 9.90 Å². The van der Waals surface area contributed by atoms with Crippen molar-refractivity contribution in [3.8, 4) is 5.75 Å². The lowest BCUT2D eigenvalue weighted by Gasteiger charge is -2.04. The minimum atomic E-state index is -0.983. The first-order valence-corrected chi connectivity index (χ1v) is 6.33. The van der Waals surface area contributed by atoms with Crippen LogP contribution in [0.25, 0.3) is 11.6 Å². The number of carbonyl (C=O) groups is 1. The highest BCUT2D eigenvalue weighted by atomic mass is 35.5. The second-order valence-corrected chi connectivity index (χ2v) is 4.58. The van der Waals surface area contributed by atoms with Crippen molar-refractivity contribution in [2.45, 2.75) is 0 Å². The molecule has 0 heterocycles. The fourth-order valence-electron chi connectivity index (χ4n) is 1.76. The summed E-state index contributed by atoms with van der Waals surface area (Å²) in [6.07, 6.45) is 1.62. The van der Waals surface area contributed by atoms with Crippen molar-refractivity contribution in [2.24, 2.45) is 0 Å². The Bertz CT molecular complexity index is 628. The molecule has 0 aliphatic heterocycles. The largest absolute Gasteiger partial charge is 0.497 e. The molecule has 0 unspecified atom stereocenters. The summed E-state index contributed by atoms with van der Waals surface area (Å²) in [6, 6.07) is 13.9. The Hall–Kier alpha value is -2.26. The average molecular weight is 289 g/mol. The minimum absolute atomic E-state index is 0.215. The number of hydrogen-bond acceptors (Lipinski definition) is 2. The van der Waals surface area contributed by atoms with Crippen LogP contribution in [0, 0.1) is 0 Å². The Morgan fingerprint density at radius 2 is 1.70 bits per heavy atom. The second-order valence-electron chi connectivity index (χ2n) is 4.14. The van der Waals surface area contributed by atoms with Gasteiger partial charge in [0.2, 0.25) is 0 Å². The summed E-state index contributed by atoms with van der Waals surface area (Å²) in [5.74, 6) is -0.256. The molecular formula is C16H13ClO3. The van der Waals surface area contributed by atoms with Gasteiger partial charge in [-0.1, -0.05) is 35.9 Å². The molecule has 1 N–H and O–H groups in total. The minimum Gasteiger partial charge on any atom is -0.497 e. The summed E-state index contributed by atoms with van der Waals surface area (Å²) in [7, 11) is 1.58. The van der Waals surface area contributed by atoms with E-state index in [0.29, 0.717) is 10.6 Å². The van der Waals surface area contributed by atoms with Gasteiger partial charge in [0.05, 0.1) is 12.7 Å². The van der Waals surface area contributed by atoms with E-state index >= 15 is 0 Å². The summed E-state index contributed by atoms with van der Waals surface area (Å²) in [5.41, 5.74) is 1.61. The van der Waals surface area contributed by atoms with Crippen molar-refractivity contribution in [3.63, 3.8) is 0 Å². The van der Waals surface area contributed by atoms with E-state index in [2.05, 4.69) is 0 Å². The van der Waals surface area contributed by atoms with Gasteiger partial charge >= 0.3 is 5.97 Å². The van der Waals surface area contributed by atoms with Gasteiger partial charge in [0.25, 0.3) is 0 Å². The van der Waals surface area contributed by atoms with E-state index in [1.807, 2.05) is 0 Å². The number of carboxylic acids is 1. The standard InChI is InChI=1S/C16H13ClO3/c1-20-14-8-2-11(3-9-14)10-15(16(18)19)12-4-6-13(17)7-5-12/h2-10H,1H3,(H,18,19)/b15-10-. The molecule has 0 spiro atoms. The summed E-state index contributed by atoms with van der Waals surface area (Å²) < 4.78 is 5.07. The zero-order valence-electron chi connectivity index (χ0n) is 10.8. The number of ether oxygens (including phenoxy) is 1. The third-order valence-corrected chi connectivity index (χ3v) is 3.06. The van der Waals surface area contributed by atoms with Gasteiger partial charge in [0.15, 0.2) is 0 Å². The molecule has 0 atom stereocenters. The summed E-state index contributed by atoms with van der Waals surface area (Å²) in [5, 5.41) is 9.90. The first-order valence-electron chi connectivity index (χ1n) is 5.95. The SMILES string of the molecule is COc1ccc(/C=C(\C(=O)O)c2ccc(Cl)cc2)cc1. The van der Waals surface area contributed by atoms with E-state index in [1.165, 1.54) is 0 Å². The molecule has 2 aromatic rings. The lowest BCUT2D eigenvalue weighted by atomic mass is 10.0. The van der Waals surface area contributed by atoms with Gasteiger partial charge in [-0.15, -0.1) is 0 Å². The van der Waals surface area contributed by atoms with Crippen LogP contribution in [0.1, 0.15) is 11.1 Å². The molecule has 20 heavy (non-hydrogen) atoms. The molecule has 0 saturated heterocycles. The first kappa shape index (κ1) is 14.2. The van der Waals surface area contributed by atoms with Crippen LogP contribution in [-0.2, 0) is 4.79 Å². The van der Waals surface area contributed by atoms with Gasteiger partial charge < -0.3 is 9.84 Å². The zero-order chi connectivity index (χ0) is 14.5. The Kier molecular flexibility index (Phi) is 4.43. The van der Waals surface area contributed by atoms with Gasteiger partial charge in [-0.3, -0.25) is 0 Å². The van der Waals surface area contributed by atoms with Crippen molar-refractivity contribution in [1.29, 1.82) is 0 Å². The number of aliphatic carboxylic acids is 1. The van der Waals surface area contributed by atoms with Crippen molar-refractivity contribution in [2.75, 3.05) is 7.11 Å². The molecule has 102 valence electrons. The predicted molar refractivity (Wildman–Crippen MR) is 80.0 cm³/mol. The molecule has 0 saturated carbocycles. The molecular weight excluding hydrogens is 276 g/mol. The van der Waals surface area contributed by atoms with Gasteiger partial charge in [0, 0.05) is 5.02 Å². The van der Waals surface area contributed by atoms with Gasteiger partial charge in [-0.2, -0.15) is 0 Å². The van der Waals surface area contributed by atoms with E-state index in [0.717, 1.165) is 11.3 Å². The van der Waals surface area contributed by atoms with Crippen LogP contribution in [0.4, 0.5) is 0 Å². The van der Waals surface area contributed by atoms with Gasteiger partial charge in [0.1, 0.15) is 5.75 Å². The van der Waals surface area contributed by atoms with Crippen molar-refractivity contribution in [1.82, 2.24) is 0 Å². The van der Waals surface area contributed by atoms with Gasteiger partial charge in [-0.25, -0.2) is 4.79 Å². The van der Waals surface area contributed by atoms with E-state index < -0.39 is 5.97 Å².